The minimum atomic E-state index is -0.475. The van der Waals surface area contributed by atoms with Gasteiger partial charge >= 0.3 is 0 Å². The number of nitrogens with one attached hydrogen (secondary N) is 1. The van der Waals surface area contributed by atoms with Crippen LogP contribution in [0.2, 0.25) is 0 Å². The first-order valence-electron chi connectivity index (χ1n) is 7.78. The quantitative estimate of drug-likeness (QED) is 0.735. The normalized spacial score (nSPS) is 10.5. The number of benzene rings is 1. The lowest BCUT2D eigenvalue weighted by molar-refractivity contribution is 0.101. The van der Waals surface area contributed by atoms with E-state index in [4.69, 9.17) is 9.26 Å². The number of anilines is 1. The van der Waals surface area contributed by atoms with Gasteiger partial charge in [0, 0.05) is 30.1 Å². The molecule has 1 N–H and O–H groups in total. The van der Waals surface area contributed by atoms with Gasteiger partial charge in [-0.2, -0.15) is 0 Å². The predicted molar refractivity (Wildman–Crippen MR) is 89.9 cm³/mol. The first-order chi connectivity index (χ1) is 12.2. The van der Waals surface area contributed by atoms with Gasteiger partial charge in [-0.3, -0.25) is 9.78 Å². The van der Waals surface area contributed by atoms with Crippen molar-refractivity contribution in [1.82, 2.24) is 10.1 Å². The van der Waals surface area contributed by atoms with Crippen LogP contribution < -0.4 is 10.1 Å². The molecule has 2 heterocycles. The summed E-state index contributed by atoms with van der Waals surface area (Å²) in [5, 5.41) is 6.44. The Morgan fingerprint density at radius 1 is 1.24 bits per heavy atom. The van der Waals surface area contributed by atoms with Crippen molar-refractivity contribution >= 4 is 11.6 Å². The van der Waals surface area contributed by atoms with Gasteiger partial charge in [0.1, 0.15) is 11.6 Å². The summed E-state index contributed by atoms with van der Waals surface area (Å²) in [6, 6.07) is 8.96. The lowest BCUT2D eigenvalue weighted by atomic mass is 10.2. The second kappa shape index (κ2) is 7.57. The Kier molecular flexibility index (Phi) is 5.03. The number of halogens is 1. The van der Waals surface area contributed by atoms with Crippen LogP contribution in [0.5, 0.6) is 5.75 Å². The number of carbonyl (C=O) groups is 1. The van der Waals surface area contributed by atoms with Crippen molar-refractivity contribution in [3.63, 3.8) is 0 Å². The molecule has 128 valence electrons. The average Bonchev–Trinajstić information content (AvgIpc) is 3.13. The number of ether oxygens (including phenoxy) is 1. The van der Waals surface area contributed by atoms with Crippen molar-refractivity contribution in [1.29, 1.82) is 0 Å². The lowest BCUT2D eigenvalue weighted by Gasteiger charge is -2.11. The molecule has 6 nitrogen and oxygen atoms in total. The molecule has 0 bridgehead atoms. The van der Waals surface area contributed by atoms with Crippen LogP contribution in [-0.4, -0.2) is 22.7 Å². The molecule has 0 unspecified atom stereocenters. The van der Waals surface area contributed by atoms with Crippen LogP contribution in [-0.2, 0) is 0 Å². The number of nitrogens with zero attached hydrogens (tertiary/aromatic N) is 2. The molecule has 3 aromatic rings. The van der Waals surface area contributed by atoms with Crippen molar-refractivity contribution < 1.29 is 18.4 Å². The minimum Gasteiger partial charge on any atom is -0.491 e. The third-order valence-electron chi connectivity index (χ3n) is 3.36. The van der Waals surface area contributed by atoms with Gasteiger partial charge in [-0.25, -0.2) is 4.39 Å². The number of hydrogen-bond donors (Lipinski definition) is 1. The van der Waals surface area contributed by atoms with Crippen molar-refractivity contribution in [2.24, 2.45) is 0 Å². The van der Waals surface area contributed by atoms with Gasteiger partial charge in [0.25, 0.3) is 5.91 Å². The van der Waals surface area contributed by atoms with Crippen LogP contribution >= 0.6 is 0 Å². The number of aromatic nitrogens is 2. The highest BCUT2D eigenvalue weighted by Crippen LogP contribution is 2.27. The van der Waals surface area contributed by atoms with E-state index < -0.39 is 11.7 Å². The summed E-state index contributed by atoms with van der Waals surface area (Å²) in [6.07, 6.45) is 4.00. The highest BCUT2D eigenvalue weighted by molar-refractivity contribution is 6.04. The summed E-state index contributed by atoms with van der Waals surface area (Å²) in [5.74, 6) is -0.190. The second-order valence-electron chi connectivity index (χ2n) is 5.26. The van der Waals surface area contributed by atoms with E-state index in [1.54, 1.807) is 24.5 Å². The Hall–Kier alpha value is -3.22. The standard InChI is InChI=1S/C18H16FN3O3/c1-2-9-24-17-10-13(19)3-4-14(17)21-18(23)15-11-16(25-22-15)12-5-7-20-8-6-12/h3-8,10-11H,2,9H2,1H3,(H,21,23). The predicted octanol–water partition coefficient (Wildman–Crippen LogP) is 3.92. The summed E-state index contributed by atoms with van der Waals surface area (Å²) in [7, 11) is 0. The number of amides is 1. The van der Waals surface area contributed by atoms with Crippen molar-refractivity contribution in [3.05, 3.63) is 60.3 Å². The van der Waals surface area contributed by atoms with Gasteiger partial charge in [0.2, 0.25) is 0 Å². The van der Waals surface area contributed by atoms with E-state index in [1.807, 2.05) is 6.92 Å². The highest BCUT2D eigenvalue weighted by Gasteiger charge is 2.16. The number of carbonyl (C=O) groups excluding carboxylic acids is 1. The van der Waals surface area contributed by atoms with E-state index in [-0.39, 0.29) is 11.4 Å². The van der Waals surface area contributed by atoms with Gasteiger partial charge in [-0.05, 0) is 30.7 Å². The van der Waals surface area contributed by atoms with Crippen molar-refractivity contribution in [2.45, 2.75) is 13.3 Å². The number of hydrogen-bond acceptors (Lipinski definition) is 5. The Balaban J connectivity index is 1.78. The third kappa shape index (κ3) is 4.00. The van der Waals surface area contributed by atoms with Crippen LogP contribution in [0.15, 0.2) is 53.3 Å². The van der Waals surface area contributed by atoms with E-state index in [0.29, 0.717) is 18.1 Å². The molecule has 1 amide bonds. The van der Waals surface area contributed by atoms with E-state index in [0.717, 1.165) is 12.0 Å². The van der Waals surface area contributed by atoms with Gasteiger partial charge < -0.3 is 14.6 Å². The summed E-state index contributed by atoms with van der Waals surface area (Å²) in [4.78, 5) is 16.3. The maximum absolute atomic E-state index is 13.4. The smallest absolute Gasteiger partial charge is 0.277 e. The fraction of sp³-hybridized carbons (Fsp3) is 0.167. The fourth-order valence-electron chi connectivity index (χ4n) is 2.15. The summed E-state index contributed by atoms with van der Waals surface area (Å²) >= 11 is 0. The molecular weight excluding hydrogens is 325 g/mol. The molecule has 0 saturated heterocycles. The molecule has 0 atom stereocenters. The van der Waals surface area contributed by atoms with Gasteiger partial charge in [0.15, 0.2) is 11.5 Å². The summed E-state index contributed by atoms with van der Waals surface area (Å²) in [5.41, 5.74) is 1.24. The molecule has 0 fully saturated rings. The minimum absolute atomic E-state index is 0.109. The first-order valence-corrected chi connectivity index (χ1v) is 7.78. The van der Waals surface area contributed by atoms with E-state index in [1.165, 1.54) is 24.3 Å². The van der Waals surface area contributed by atoms with Crippen LogP contribution in [0.4, 0.5) is 10.1 Å². The van der Waals surface area contributed by atoms with E-state index in [9.17, 15) is 9.18 Å². The Labute approximate surface area is 143 Å². The Morgan fingerprint density at radius 2 is 2.04 bits per heavy atom. The molecule has 0 aliphatic heterocycles. The van der Waals surface area contributed by atoms with Crippen LogP contribution in [0, 0.1) is 5.82 Å². The monoisotopic (exact) mass is 341 g/mol. The maximum atomic E-state index is 13.4. The molecule has 1 aromatic carbocycles. The molecule has 3 rings (SSSR count). The molecule has 0 saturated carbocycles. The zero-order valence-electron chi connectivity index (χ0n) is 13.5. The molecular formula is C18H16FN3O3. The largest absolute Gasteiger partial charge is 0.491 e. The first kappa shape index (κ1) is 16.6. The van der Waals surface area contributed by atoms with Crippen LogP contribution in [0.3, 0.4) is 0 Å². The maximum Gasteiger partial charge on any atom is 0.277 e. The molecule has 0 aliphatic rings. The topological polar surface area (TPSA) is 77.2 Å². The van der Waals surface area contributed by atoms with Crippen molar-refractivity contribution in [3.8, 4) is 17.1 Å². The summed E-state index contributed by atoms with van der Waals surface area (Å²) < 4.78 is 24.1. The van der Waals surface area contributed by atoms with Crippen LogP contribution in [0.25, 0.3) is 11.3 Å². The van der Waals surface area contributed by atoms with Gasteiger partial charge in [0.05, 0.1) is 12.3 Å². The molecule has 2 aromatic heterocycles. The molecule has 25 heavy (non-hydrogen) atoms. The zero-order valence-corrected chi connectivity index (χ0v) is 13.5. The SMILES string of the molecule is CCCOc1cc(F)ccc1NC(=O)c1cc(-c2ccncc2)on1. The summed E-state index contributed by atoms with van der Waals surface area (Å²) in [6.45, 7) is 2.36. The molecule has 0 aliphatic carbocycles. The van der Waals surface area contributed by atoms with Crippen molar-refractivity contribution in [2.75, 3.05) is 11.9 Å². The average molecular weight is 341 g/mol. The Morgan fingerprint density at radius 3 is 2.80 bits per heavy atom. The van der Waals surface area contributed by atoms with Crippen LogP contribution in [0.1, 0.15) is 23.8 Å². The number of rotatable bonds is 6. The zero-order chi connectivity index (χ0) is 17.6. The molecule has 7 heteroatoms. The number of pyridine rings is 1. The second-order valence-corrected chi connectivity index (χ2v) is 5.26. The fourth-order valence-corrected chi connectivity index (χ4v) is 2.15. The molecule has 0 radical (unpaired) electrons. The lowest BCUT2D eigenvalue weighted by Crippen LogP contribution is -2.13. The Bertz CT molecular complexity index is 865. The van der Waals surface area contributed by atoms with E-state index in [2.05, 4.69) is 15.5 Å². The molecule has 0 spiro atoms. The highest BCUT2D eigenvalue weighted by atomic mass is 19.1. The van der Waals surface area contributed by atoms with Gasteiger partial charge in [-0.1, -0.05) is 12.1 Å². The van der Waals surface area contributed by atoms with Gasteiger partial charge in [-0.15, -0.1) is 0 Å². The third-order valence-corrected chi connectivity index (χ3v) is 3.36. The van der Waals surface area contributed by atoms with E-state index >= 15 is 0 Å².